The third-order valence-electron chi connectivity index (χ3n) is 1.43. The van der Waals surface area contributed by atoms with Gasteiger partial charge in [0.25, 0.3) is 16.4 Å². The first-order valence-corrected chi connectivity index (χ1v) is 6.40. The monoisotopic (exact) mass is 368 g/mol. The molecule has 0 unspecified atom stereocenters. The van der Waals surface area contributed by atoms with Gasteiger partial charge in [-0.15, -0.1) is 0 Å². The molecule has 0 spiro atoms. The largest absolute Gasteiger partial charge is 0.266 e. The lowest BCUT2D eigenvalue weighted by molar-refractivity contribution is 0.151. The van der Waals surface area contributed by atoms with Crippen molar-refractivity contribution in [1.82, 2.24) is 4.98 Å². The number of alkyl halides is 2. The molecule has 84 valence electrons. The predicted molar refractivity (Wildman–Crippen MR) is 58.3 cm³/mol. The van der Waals surface area contributed by atoms with Crippen molar-refractivity contribution in [3.8, 4) is 0 Å². The molecule has 0 amide bonds. The van der Waals surface area contributed by atoms with Crippen molar-refractivity contribution in [1.29, 1.82) is 0 Å². The van der Waals surface area contributed by atoms with E-state index in [-0.39, 0.29) is 3.57 Å². The fourth-order valence-corrected chi connectivity index (χ4v) is 3.02. The van der Waals surface area contributed by atoms with Crippen LogP contribution in [-0.2, 0) is 10.0 Å². The highest BCUT2D eigenvalue weighted by Gasteiger charge is 2.21. The van der Waals surface area contributed by atoms with Gasteiger partial charge in [0, 0.05) is 0 Å². The van der Waals surface area contributed by atoms with Gasteiger partial charge in [0.05, 0.1) is 9.13 Å². The van der Waals surface area contributed by atoms with E-state index in [4.69, 9.17) is 16.7 Å². The summed E-state index contributed by atoms with van der Waals surface area (Å²) in [6, 6.07) is 0.945. The van der Waals surface area contributed by atoms with Gasteiger partial charge in [-0.2, -0.15) is 0 Å². The molecule has 1 rings (SSSR count). The fraction of sp³-hybridized carbons (Fsp3) is 0.167. The van der Waals surface area contributed by atoms with Crippen LogP contribution in [0.2, 0.25) is 5.15 Å². The van der Waals surface area contributed by atoms with Crippen LogP contribution < -0.4 is 5.14 Å². The normalized spacial score (nSPS) is 12.1. The molecular formula is C6H4ClF2IN2O2S. The highest BCUT2D eigenvalue weighted by Crippen LogP contribution is 2.29. The summed E-state index contributed by atoms with van der Waals surface area (Å²) in [4.78, 5) is 3.33. The number of nitrogens with two attached hydrogens (primary N) is 1. The standard InChI is InChI=1S/C6H4ClF2IN2O2S/c7-4-2(5(8)9)1-3(10)6(12-4)15(11,13)14/h1,5H,(H2,11,13,14). The number of hydrogen-bond donors (Lipinski definition) is 1. The van der Waals surface area contributed by atoms with E-state index >= 15 is 0 Å². The molecule has 0 fully saturated rings. The lowest BCUT2D eigenvalue weighted by Gasteiger charge is -2.06. The van der Waals surface area contributed by atoms with Gasteiger partial charge in [0.15, 0.2) is 5.03 Å². The van der Waals surface area contributed by atoms with Crippen molar-refractivity contribution >= 4 is 44.2 Å². The molecule has 0 radical (unpaired) electrons. The molecule has 0 saturated carbocycles. The van der Waals surface area contributed by atoms with E-state index < -0.39 is 32.2 Å². The van der Waals surface area contributed by atoms with Crippen LogP contribution in [0.15, 0.2) is 11.1 Å². The Kier molecular flexibility index (Phi) is 3.85. The molecule has 1 heterocycles. The molecule has 0 aliphatic rings. The van der Waals surface area contributed by atoms with E-state index in [2.05, 4.69) is 4.98 Å². The summed E-state index contributed by atoms with van der Waals surface area (Å²) in [5.74, 6) is 0. The number of halogens is 4. The Bertz CT molecular complexity index is 494. The highest BCUT2D eigenvalue weighted by molar-refractivity contribution is 14.1. The first-order valence-electron chi connectivity index (χ1n) is 3.40. The number of nitrogens with zero attached hydrogens (tertiary/aromatic N) is 1. The summed E-state index contributed by atoms with van der Waals surface area (Å²) in [6.07, 6.45) is -2.81. The molecule has 2 N–H and O–H groups in total. The molecule has 0 aromatic carbocycles. The Hall–Kier alpha value is -0.0600. The maximum Gasteiger partial charge on any atom is 0.266 e. The molecule has 0 atom stereocenters. The second-order valence-corrected chi connectivity index (χ2v) is 5.50. The number of sulfonamides is 1. The van der Waals surface area contributed by atoms with Gasteiger partial charge in [-0.1, -0.05) is 11.6 Å². The molecule has 0 aliphatic carbocycles. The SMILES string of the molecule is NS(=O)(=O)c1nc(Cl)c(C(F)F)cc1I. The van der Waals surface area contributed by atoms with Gasteiger partial charge < -0.3 is 0 Å². The second-order valence-electron chi connectivity index (χ2n) is 2.50. The Labute approximate surface area is 103 Å². The predicted octanol–water partition coefficient (Wildman–Crippen LogP) is 1.92. The van der Waals surface area contributed by atoms with Crippen molar-refractivity contribution in [2.24, 2.45) is 5.14 Å². The van der Waals surface area contributed by atoms with E-state index in [9.17, 15) is 17.2 Å². The second kappa shape index (κ2) is 4.44. The maximum atomic E-state index is 12.3. The van der Waals surface area contributed by atoms with Crippen LogP contribution in [0.3, 0.4) is 0 Å². The molecule has 9 heteroatoms. The number of hydrogen-bond acceptors (Lipinski definition) is 3. The number of primary sulfonamides is 1. The Morgan fingerprint density at radius 1 is 1.53 bits per heavy atom. The van der Waals surface area contributed by atoms with Crippen LogP contribution >= 0.6 is 34.2 Å². The van der Waals surface area contributed by atoms with Crippen LogP contribution in [0.1, 0.15) is 12.0 Å². The average Bonchev–Trinajstić information content (AvgIpc) is 2.06. The fourth-order valence-electron chi connectivity index (χ4n) is 0.817. The van der Waals surface area contributed by atoms with Gasteiger partial charge >= 0.3 is 0 Å². The summed E-state index contributed by atoms with van der Waals surface area (Å²) in [5.41, 5.74) is -0.520. The van der Waals surface area contributed by atoms with Crippen molar-refractivity contribution < 1.29 is 17.2 Å². The molecular weight excluding hydrogens is 364 g/mol. The Morgan fingerprint density at radius 3 is 2.47 bits per heavy atom. The van der Waals surface area contributed by atoms with E-state index in [1.807, 2.05) is 0 Å². The zero-order valence-corrected chi connectivity index (χ0v) is 10.6. The molecule has 4 nitrogen and oxygen atoms in total. The molecule has 1 aromatic rings. The minimum absolute atomic E-state index is 0.00907. The number of rotatable bonds is 2. The minimum Gasteiger partial charge on any atom is -0.223 e. The Morgan fingerprint density at radius 2 is 2.07 bits per heavy atom. The first kappa shape index (κ1) is 13.0. The third kappa shape index (κ3) is 2.95. The smallest absolute Gasteiger partial charge is 0.223 e. The van der Waals surface area contributed by atoms with Crippen molar-refractivity contribution in [2.45, 2.75) is 11.5 Å². The van der Waals surface area contributed by atoms with Crippen LogP contribution in [0.5, 0.6) is 0 Å². The number of pyridine rings is 1. The van der Waals surface area contributed by atoms with Crippen LogP contribution in [0.4, 0.5) is 8.78 Å². The summed E-state index contributed by atoms with van der Waals surface area (Å²) in [6.45, 7) is 0. The molecule has 0 bridgehead atoms. The summed E-state index contributed by atoms with van der Waals surface area (Å²) in [5, 5.41) is 3.75. The summed E-state index contributed by atoms with van der Waals surface area (Å²) in [7, 11) is -4.05. The topological polar surface area (TPSA) is 73.1 Å². The molecule has 0 saturated heterocycles. The van der Waals surface area contributed by atoms with Crippen LogP contribution in [0.25, 0.3) is 0 Å². The maximum absolute atomic E-state index is 12.3. The zero-order chi connectivity index (χ0) is 11.8. The van der Waals surface area contributed by atoms with E-state index in [0.717, 1.165) is 6.07 Å². The van der Waals surface area contributed by atoms with Crippen molar-refractivity contribution in [3.05, 3.63) is 20.4 Å². The van der Waals surface area contributed by atoms with Crippen molar-refractivity contribution in [3.63, 3.8) is 0 Å². The quantitative estimate of drug-likeness (QED) is 0.640. The summed E-state index contributed by atoms with van der Waals surface area (Å²) >= 11 is 6.94. The Balaban J connectivity index is 3.46. The first-order chi connectivity index (χ1) is 6.73. The third-order valence-corrected chi connectivity index (χ3v) is 3.77. The molecule has 0 aliphatic heterocycles. The lowest BCUT2D eigenvalue weighted by atomic mass is 10.3. The van der Waals surface area contributed by atoms with E-state index in [0.29, 0.717) is 0 Å². The summed E-state index contributed by atoms with van der Waals surface area (Å²) < 4.78 is 46.6. The van der Waals surface area contributed by atoms with Gasteiger partial charge in [-0.3, -0.25) is 0 Å². The molecule has 15 heavy (non-hydrogen) atoms. The lowest BCUT2D eigenvalue weighted by Crippen LogP contribution is -2.16. The highest BCUT2D eigenvalue weighted by atomic mass is 127. The van der Waals surface area contributed by atoms with Gasteiger partial charge in [0.1, 0.15) is 5.15 Å². The van der Waals surface area contributed by atoms with Crippen LogP contribution in [0, 0.1) is 3.57 Å². The van der Waals surface area contributed by atoms with Gasteiger partial charge in [0.2, 0.25) is 0 Å². The number of aromatic nitrogens is 1. The van der Waals surface area contributed by atoms with Gasteiger partial charge in [-0.25, -0.2) is 27.3 Å². The van der Waals surface area contributed by atoms with Gasteiger partial charge in [-0.05, 0) is 28.7 Å². The average molecular weight is 369 g/mol. The van der Waals surface area contributed by atoms with E-state index in [1.54, 1.807) is 22.6 Å². The zero-order valence-electron chi connectivity index (χ0n) is 6.92. The van der Waals surface area contributed by atoms with Crippen molar-refractivity contribution in [2.75, 3.05) is 0 Å². The minimum atomic E-state index is -4.05. The van der Waals surface area contributed by atoms with Crippen LogP contribution in [-0.4, -0.2) is 13.4 Å². The molecule has 1 aromatic heterocycles. The van der Waals surface area contributed by atoms with E-state index in [1.165, 1.54) is 0 Å².